The molecule has 0 aliphatic heterocycles. The predicted octanol–water partition coefficient (Wildman–Crippen LogP) is 3.80. The molecule has 2 rings (SSSR count). The van der Waals surface area contributed by atoms with Gasteiger partial charge in [-0.3, -0.25) is 0 Å². The fourth-order valence-electron chi connectivity index (χ4n) is 1.93. The van der Waals surface area contributed by atoms with Crippen LogP contribution in [-0.2, 0) is 0 Å². The monoisotopic (exact) mass is 282 g/mol. The van der Waals surface area contributed by atoms with Gasteiger partial charge in [-0.15, -0.1) is 0 Å². The van der Waals surface area contributed by atoms with Gasteiger partial charge in [-0.05, 0) is 54.8 Å². The van der Waals surface area contributed by atoms with Crippen LogP contribution in [0.1, 0.15) is 16.7 Å². The van der Waals surface area contributed by atoms with Gasteiger partial charge in [0.1, 0.15) is 5.75 Å². The van der Waals surface area contributed by atoms with Crippen LogP contribution in [0.25, 0.3) is 6.08 Å². The molecule has 0 unspecified atom stereocenters. The van der Waals surface area contributed by atoms with Gasteiger partial charge in [0.05, 0.1) is 0 Å². The van der Waals surface area contributed by atoms with Crippen molar-refractivity contribution >= 4 is 17.8 Å². The van der Waals surface area contributed by atoms with Crippen molar-refractivity contribution < 1.29 is 9.90 Å². The number of urea groups is 1. The summed E-state index contributed by atoms with van der Waals surface area (Å²) in [5.74, 6) is 0.179. The van der Waals surface area contributed by atoms with Crippen molar-refractivity contribution in [1.82, 2.24) is 5.32 Å². The highest BCUT2D eigenvalue weighted by atomic mass is 16.3. The van der Waals surface area contributed by atoms with Crippen molar-refractivity contribution in [2.75, 3.05) is 5.32 Å². The molecule has 2 aromatic rings. The number of benzene rings is 2. The molecule has 0 atom stereocenters. The molecule has 2 amide bonds. The smallest absolute Gasteiger partial charge is 0.323 e. The molecule has 4 heteroatoms. The molecular formula is C17H18N2O2. The zero-order chi connectivity index (χ0) is 15.2. The van der Waals surface area contributed by atoms with E-state index in [1.54, 1.807) is 18.3 Å². The van der Waals surface area contributed by atoms with E-state index in [1.165, 1.54) is 6.07 Å². The molecule has 21 heavy (non-hydrogen) atoms. The summed E-state index contributed by atoms with van der Waals surface area (Å²) in [4.78, 5) is 11.8. The Balaban J connectivity index is 1.95. The van der Waals surface area contributed by atoms with Crippen LogP contribution in [0, 0.1) is 13.8 Å². The third-order valence-electron chi connectivity index (χ3n) is 3.12. The zero-order valence-electron chi connectivity index (χ0n) is 12.1. The van der Waals surface area contributed by atoms with Crippen molar-refractivity contribution in [1.29, 1.82) is 0 Å². The van der Waals surface area contributed by atoms with E-state index in [-0.39, 0.29) is 11.8 Å². The second-order valence-electron chi connectivity index (χ2n) is 4.79. The lowest BCUT2D eigenvalue weighted by Crippen LogP contribution is -2.24. The van der Waals surface area contributed by atoms with Crippen LogP contribution in [0.2, 0.25) is 0 Å². The summed E-state index contributed by atoms with van der Waals surface area (Å²) < 4.78 is 0. The highest BCUT2D eigenvalue weighted by Gasteiger charge is 2.03. The Bertz CT molecular complexity index is 678. The van der Waals surface area contributed by atoms with E-state index in [1.807, 2.05) is 44.2 Å². The first-order chi connectivity index (χ1) is 10.1. The lowest BCUT2D eigenvalue weighted by atomic mass is 10.1. The first-order valence-corrected chi connectivity index (χ1v) is 6.65. The maximum atomic E-state index is 11.8. The third kappa shape index (κ3) is 4.11. The van der Waals surface area contributed by atoms with Crippen molar-refractivity contribution in [2.45, 2.75) is 13.8 Å². The summed E-state index contributed by atoms with van der Waals surface area (Å²) in [6, 6.07) is 12.4. The van der Waals surface area contributed by atoms with Crippen molar-refractivity contribution in [3.8, 4) is 5.75 Å². The van der Waals surface area contributed by atoms with Gasteiger partial charge >= 0.3 is 6.03 Å². The maximum Gasteiger partial charge on any atom is 0.323 e. The number of carbonyl (C=O) groups is 1. The predicted molar refractivity (Wildman–Crippen MR) is 85.2 cm³/mol. The van der Waals surface area contributed by atoms with Crippen LogP contribution in [0.4, 0.5) is 10.5 Å². The van der Waals surface area contributed by atoms with Crippen LogP contribution >= 0.6 is 0 Å². The maximum absolute atomic E-state index is 11.8. The lowest BCUT2D eigenvalue weighted by molar-refractivity contribution is 0.255. The van der Waals surface area contributed by atoms with E-state index in [2.05, 4.69) is 10.6 Å². The minimum Gasteiger partial charge on any atom is -0.508 e. The number of nitrogens with one attached hydrogen (secondary N) is 2. The fraction of sp³-hybridized carbons (Fsp3) is 0.118. The Kier molecular flexibility index (Phi) is 4.61. The first-order valence-electron chi connectivity index (χ1n) is 6.65. The molecular weight excluding hydrogens is 264 g/mol. The topological polar surface area (TPSA) is 61.4 Å². The average Bonchev–Trinajstić information content (AvgIpc) is 2.44. The fourth-order valence-corrected chi connectivity index (χ4v) is 1.93. The number of hydrogen-bond donors (Lipinski definition) is 3. The van der Waals surface area contributed by atoms with E-state index in [0.717, 1.165) is 16.7 Å². The second kappa shape index (κ2) is 6.61. The molecule has 0 bridgehead atoms. The molecule has 108 valence electrons. The van der Waals surface area contributed by atoms with Crippen LogP contribution in [-0.4, -0.2) is 11.1 Å². The van der Waals surface area contributed by atoms with E-state index < -0.39 is 0 Å². The lowest BCUT2D eigenvalue weighted by Gasteiger charge is -2.08. The Labute approximate surface area is 124 Å². The van der Waals surface area contributed by atoms with Gasteiger partial charge in [0.2, 0.25) is 0 Å². The van der Waals surface area contributed by atoms with Gasteiger partial charge in [-0.1, -0.05) is 24.3 Å². The summed E-state index contributed by atoms with van der Waals surface area (Å²) >= 11 is 0. The highest BCUT2D eigenvalue weighted by Crippen LogP contribution is 2.19. The second-order valence-corrected chi connectivity index (χ2v) is 4.79. The standard InChI is InChI=1S/C17H18N2O2/c1-12-5-3-4-6-14(12)9-10-18-17(21)19-16-8-7-15(20)11-13(16)2/h3-11,20H,1-2H3,(H2,18,19,21)/b10-9+. The molecule has 3 N–H and O–H groups in total. The van der Waals surface area contributed by atoms with Gasteiger partial charge in [-0.2, -0.15) is 0 Å². The number of carbonyl (C=O) groups excluding carboxylic acids is 1. The Morgan fingerprint density at radius 3 is 2.57 bits per heavy atom. The molecule has 0 saturated heterocycles. The summed E-state index contributed by atoms with van der Waals surface area (Å²) in [5, 5.41) is 14.7. The minimum absolute atomic E-state index is 0.179. The van der Waals surface area contributed by atoms with Gasteiger partial charge in [0.25, 0.3) is 0 Å². The molecule has 0 saturated carbocycles. The Morgan fingerprint density at radius 2 is 1.86 bits per heavy atom. The molecule has 0 radical (unpaired) electrons. The SMILES string of the molecule is Cc1ccccc1/C=C/NC(=O)Nc1ccc(O)cc1C. The summed E-state index contributed by atoms with van der Waals surface area (Å²) in [6.07, 6.45) is 3.45. The number of rotatable bonds is 3. The number of amides is 2. The van der Waals surface area contributed by atoms with Crippen LogP contribution < -0.4 is 10.6 Å². The van der Waals surface area contributed by atoms with Crippen molar-refractivity contribution in [3.05, 3.63) is 65.4 Å². The van der Waals surface area contributed by atoms with Gasteiger partial charge < -0.3 is 15.7 Å². The summed E-state index contributed by atoms with van der Waals surface area (Å²) in [6.45, 7) is 3.83. The van der Waals surface area contributed by atoms with Gasteiger partial charge in [0, 0.05) is 11.9 Å². The molecule has 0 aliphatic rings. The average molecular weight is 282 g/mol. The largest absolute Gasteiger partial charge is 0.508 e. The summed E-state index contributed by atoms with van der Waals surface area (Å²) in [5.41, 5.74) is 3.66. The third-order valence-corrected chi connectivity index (χ3v) is 3.12. The Morgan fingerprint density at radius 1 is 1.10 bits per heavy atom. The van der Waals surface area contributed by atoms with Crippen LogP contribution in [0.15, 0.2) is 48.7 Å². The molecule has 2 aromatic carbocycles. The van der Waals surface area contributed by atoms with Crippen LogP contribution in [0.3, 0.4) is 0 Å². The Hall–Kier alpha value is -2.75. The quantitative estimate of drug-likeness (QED) is 0.750. The molecule has 0 spiro atoms. The van der Waals surface area contributed by atoms with Crippen molar-refractivity contribution in [3.63, 3.8) is 0 Å². The van der Waals surface area contributed by atoms with E-state index in [0.29, 0.717) is 5.69 Å². The van der Waals surface area contributed by atoms with E-state index in [4.69, 9.17) is 0 Å². The van der Waals surface area contributed by atoms with E-state index >= 15 is 0 Å². The van der Waals surface area contributed by atoms with Crippen molar-refractivity contribution in [2.24, 2.45) is 0 Å². The number of phenolic OH excluding ortho intramolecular Hbond substituents is 1. The van der Waals surface area contributed by atoms with Gasteiger partial charge in [-0.25, -0.2) is 4.79 Å². The molecule has 0 aliphatic carbocycles. The normalized spacial score (nSPS) is 10.6. The molecule has 0 heterocycles. The minimum atomic E-state index is -0.325. The zero-order valence-corrected chi connectivity index (χ0v) is 12.1. The highest BCUT2D eigenvalue weighted by molar-refractivity contribution is 5.91. The van der Waals surface area contributed by atoms with Gasteiger partial charge in [0.15, 0.2) is 0 Å². The number of aryl methyl sites for hydroxylation is 2. The number of phenols is 1. The molecule has 0 aromatic heterocycles. The molecule has 0 fully saturated rings. The number of aromatic hydroxyl groups is 1. The molecule has 4 nitrogen and oxygen atoms in total. The van der Waals surface area contributed by atoms with Crippen LogP contribution in [0.5, 0.6) is 5.75 Å². The summed E-state index contributed by atoms with van der Waals surface area (Å²) in [7, 11) is 0. The first kappa shape index (κ1) is 14.7. The van der Waals surface area contributed by atoms with E-state index in [9.17, 15) is 9.90 Å². The number of hydrogen-bond acceptors (Lipinski definition) is 2. The number of anilines is 1.